The van der Waals surface area contributed by atoms with E-state index in [1.54, 1.807) is 0 Å². The maximum atomic E-state index is 9.56. The predicted molar refractivity (Wildman–Crippen MR) is 26.2 cm³/mol. The fourth-order valence-electron chi connectivity index (χ4n) is 0.127. The fourth-order valence-corrected chi connectivity index (χ4v) is 0.382. The summed E-state index contributed by atoms with van der Waals surface area (Å²) in [5.74, 6) is 0.191. The smallest absolute Gasteiger partial charge is 0.298 e. The SMILES string of the molecule is C=C(C)O[SH](=O)=O. The molecular formula is C3H6O3S. The molecular weight excluding hydrogens is 116 g/mol. The Morgan fingerprint density at radius 3 is 2.14 bits per heavy atom. The van der Waals surface area contributed by atoms with Crippen LogP contribution >= 0.6 is 0 Å². The summed E-state index contributed by atoms with van der Waals surface area (Å²) in [6.45, 7) is 4.65. The highest BCUT2D eigenvalue weighted by atomic mass is 32.2. The van der Waals surface area contributed by atoms with Gasteiger partial charge in [0.05, 0.1) is 0 Å². The van der Waals surface area contributed by atoms with Gasteiger partial charge in [0.25, 0.3) is 11.0 Å². The number of thiol groups is 1. The second-order valence-corrected chi connectivity index (χ2v) is 1.65. The molecule has 0 aliphatic rings. The molecule has 3 nitrogen and oxygen atoms in total. The van der Waals surface area contributed by atoms with Gasteiger partial charge in [-0.1, -0.05) is 6.58 Å². The second kappa shape index (κ2) is 2.63. The third-order valence-electron chi connectivity index (χ3n) is 0.230. The summed E-state index contributed by atoms with van der Waals surface area (Å²) in [7, 11) is -2.74. The molecule has 0 saturated heterocycles. The number of allylic oxidation sites excluding steroid dienone is 1. The van der Waals surface area contributed by atoms with Crippen LogP contribution < -0.4 is 0 Å². The molecule has 0 bridgehead atoms. The van der Waals surface area contributed by atoms with E-state index in [9.17, 15) is 8.42 Å². The molecule has 0 rings (SSSR count). The number of hydrogen-bond donors (Lipinski definition) is 1. The first-order valence-electron chi connectivity index (χ1n) is 1.61. The zero-order chi connectivity index (χ0) is 5.86. The summed E-state index contributed by atoms with van der Waals surface area (Å²) in [6.07, 6.45) is 0. The summed E-state index contributed by atoms with van der Waals surface area (Å²) >= 11 is 0. The Labute approximate surface area is 43.8 Å². The second-order valence-electron chi connectivity index (χ2n) is 1.02. The van der Waals surface area contributed by atoms with E-state index in [-0.39, 0.29) is 5.76 Å². The van der Waals surface area contributed by atoms with Gasteiger partial charge in [0.15, 0.2) is 0 Å². The molecule has 0 spiro atoms. The monoisotopic (exact) mass is 122 g/mol. The van der Waals surface area contributed by atoms with Crippen molar-refractivity contribution in [2.75, 3.05) is 0 Å². The van der Waals surface area contributed by atoms with Crippen LogP contribution in [0.2, 0.25) is 0 Å². The van der Waals surface area contributed by atoms with Crippen molar-refractivity contribution in [2.45, 2.75) is 6.92 Å². The third-order valence-corrected chi connectivity index (χ3v) is 0.691. The fraction of sp³-hybridized carbons (Fsp3) is 0.333. The molecule has 4 heteroatoms. The van der Waals surface area contributed by atoms with E-state index in [1.165, 1.54) is 6.92 Å². The number of hydrogen-bond acceptors (Lipinski definition) is 3. The lowest BCUT2D eigenvalue weighted by Crippen LogP contribution is -1.80. The van der Waals surface area contributed by atoms with Crippen LogP contribution in [0.4, 0.5) is 0 Å². The van der Waals surface area contributed by atoms with E-state index in [1.807, 2.05) is 0 Å². The van der Waals surface area contributed by atoms with Crippen molar-refractivity contribution in [3.8, 4) is 0 Å². The van der Waals surface area contributed by atoms with Crippen LogP contribution in [-0.2, 0) is 15.2 Å². The Morgan fingerprint density at radius 1 is 1.71 bits per heavy atom. The van der Waals surface area contributed by atoms with E-state index >= 15 is 0 Å². The van der Waals surface area contributed by atoms with Crippen LogP contribution in [0.25, 0.3) is 0 Å². The van der Waals surface area contributed by atoms with Gasteiger partial charge in [-0.05, 0) is 6.92 Å². The molecule has 0 aromatic carbocycles. The molecule has 0 N–H and O–H groups in total. The summed E-state index contributed by atoms with van der Waals surface area (Å²) in [6, 6.07) is 0. The summed E-state index contributed by atoms with van der Waals surface area (Å²) in [5, 5.41) is 0. The van der Waals surface area contributed by atoms with Crippen LogP contribution in [0.5, 0.6) is 0 Å². The highest BCUT2D eigenvalue weighted by molar-refractivity contribution is 7.67. The molecule has 0 aromatic heterocycles. The molecule has 42 valence electrons. The minimum Gasteiger partial charge on any atom is -0.390 e. The standard InChI is InChI=1S/C3H6O3S/c1-3(2)6-7(4)5/h7H,1H2,2H3. The largest absolute Gasteiger partial charge is 0.390 e. The molecule has 0 aliphatic heterocycles. The van der Waals surface area contributed by atoms with Gasteiger partial charge in [0.1, 0.15) is 5.76 Å². The lowest BCUT2D eigenvalue weighted by atomic mass is 10.7. The Kier molecular flexibility index (Phi) is 2.44. The highest BCUT2D eigenvalue weighted by Crippen LogP contribution is 1.86. The number of rotatable bonds is 2. The molecule has 0 heterocycles. The summed E-state index contributed by atoms with van der Waals surface area (Å²) in [4.78, 5) is 0. The minimum atomic E-state index is -2.74. The predicted octanol–water partition coefficient (Wildman–Crippen LogP) is 0.0630. The van der Waals surface area contributed by atoms with Gasteiger partial charge in [-0.2, -0.15) is 8.42 Å². The lowest BCUT2D eigenvalue weighted by molar-refractivity contribution is 0.431. The highest BCUT2D eigenvalue weighted by Gasteiger charge is 1.79. The zero-order valence-electron chi connectivity index (χ0n) is 3.88. The molecule has 7 heavy (non-hydrogen) atoms. The third kappa shape index (κ3) is 5.49. The first-order valence-corrected chi connectivity index (χ1v) is 2.70. The van der Waals surface area contributed by atoms with Crippen LogP contribution in [-0.4, -0.2) is 8.42 Å². The van der Waals surface area contributed by atoms with Crippen molar-refractivity contribution in [3.63, 3.8) is 0 Å². The van der Waals surface area contributed by atoms with Crippen molar-refractivity contribution >= 4 is 11.0 Å². The van der Waals surface area contributed by atoms with E-state index < -0.39 is 11.0 Å². The summed E-state index contributed by atoms with van der Waals surface area (Å²) in [5.41, 5.74) is 0. The van der Waals surface area contributed by atoms with Crippen molar-refractivity contribution in [3.05, 3.63) is 12.3 Å². The minimum absolute atomic E-state index is 0.191. The van der Waals surface area contributed by atoms with Crippen molar-refractivity contribution < 1.29 is 12.6 Å². The Hall–Kier alpha value is -0.510. The first-order chi connectivity index (χ1) is 3.13. The summed E-state index contributed by atoms with van der Waals surface area (Å²) < 4.78 is 23.1. The maximum Gasteiger partial charge on any atom is 0.298 e. The molecule has 0 saturated carbocycles. The molecule has 0 aromatic rings. The van der Waals surface area contributed by atoms with Gasteiger partial charge >= 0.3 is 0 Å². The molecule has 0 atom stereocenters. The van der Waals surface area contributed by atoms with Crippen molar-refractivity contribution in [1.29, 1.82) is 0 Å². The van der Waals surface area contributed by atoms with Gasteiger partial charge in [0, 0.05) is 0 Å². The van der Waals surface area contributed by atoms with Gasteiger partial charge in [0.2, 0.25) is 0 Å². The van der Waals surface area contributed by atoms with E-state index in [4.69, 9.17) is 0 Å². The van der Waals surface area contributed by atoms with E-state index in [0.717, 1.165) is 0 Å². The topological polar surface area (TPSA) is 43.4 Å². The van der Waals surface area contributed by atoms with Crippen LogP contribution in [0.1, 0.15) is 6.92 Å². The Bertz CT molecular complexity index is 127. The van der Waals surface area contributed by atoms with Gasteiger partial charge in [-0.25, -0.2) is 0 Å². The van der Waals surface area contributed by atoms with E-state index in [0.29, 0.717) is 0 Å². The van der Waals surface area contributed by atoms with Crippen molar-refractivity contribution in [1.82, 2.24) is 0 Å². The Balaban J connectivity index is 3.53. The van der Waals surface area contributed by atoms with Gasteiger partial charge in [-0.3, -0.25) is 0 Å². The van der Waals surface area contributed by atoms with Crippen molar-refractivity contribution in [2.24, 2.45) is 0 Å². The maximum absolute atomic E-state index is 9.56. The molecule has 0 aliphatic carbocycles. The Morgan fingerprint density at radius 2 is 2.14 bits per heavy atom. The molecule has 0 amide bonds. The molecule has 0 unspecified atom stereocenters. The molecule has 0 radical (unpaired) electrons. The van der Waals surface area contributed by atoms with E-state index in [2.05, 4.69) is 10.8 Å². The zero-order valence-corrected chi connectivity index (χ0v) is 4.77. The average molecular weight is 122 g/mol. The van der Waals surface area contributed by atoms with Crippen LogP contribution in [0.15, 0.2) is 12.3 Å². The van der Waals surface area contributed by atoms with Gasteiger partial charge < -0.3 is 4.18 Å². The first kappa shape index (κ1) is 6.49. The quantitative estimate of drug-likeness (QED) is 0.416. The lowest BCUT2D eigenvalue weighted by Gasteiger charge is -1.87. The molecule has 0 fully saturated rings. The van der Waals surface area contributed by atoms with Crippen LogP contribution in [0.3, 0.4) is 0 Å². The van der Waals surface area contributed by atoms with Gasteiger partial charge in [-0.15, -0.1) is 0 Å². The average Bonchev–Trinajstić information content (AvgIpc) is 1.27. The normalized spacial score (nSPS) is 8.86. The van der Waals surface area contributed by atoms with Crippen LogP contribution in [0, 0.1) is 0 Å².